The Balaban J connectivity index is -0.0000000900. The SMILES string of the molecule is C[C]1[CH][CH][CH][C]1C(=O)O.[C-]#[O+].[C-]#[O+].[C-]#[O+].[Mn+2]. The van der Waals surface area contributed by atoms with E-state index in [4.69, 9.17) is 19.1 Å². The second kappa shape index (κ2) is 19.7. The first-order valence-electron chi connectivity index (χ1n) is 3.28. The van der Waals surface area contributed by atoms with E-state index in [0.717, 1.165) is 5.92 Å². The van der Waals surface area contributed by atoms with Gasteiger partial charge >= 0.3 is 56.9 Å². The average molecular weight is 262 g/mol. The van der Waals surface area contributed by atoms with Crippen LogP contribution in [0.4, 0.5) is 0 Å². The molecule has 1 fully saturated rings. The van der Waals surface area contributed by atoms with E-state index >= 15 is 0 Å². The van der Waals surface area contributed by atoms with Crippen molar-refractivity contribution in [3.63, 3.8) is 0 Å². The van der Waals surface area contributed by atoms with Crippen molar-refractivity contribution in [3.05, 3.63) is 51.0 Å². The van der Waals surface area contributed by atoms with Crippen molar-refractivity contribution in [2.45, 2.75) is 6.92 Å². The van der Waals surface area contributed by atoms with Crippen molar-refractivity contribution in [2.24, 2.45) is 0 Å². The Morgan fingerprint density at radius 1 is 1.12 bits per heavy atom. The Kier molecular flexibility index (Phi) is 30.1. The summed E-state index contributed by atoms with van der Waals surface area (Å²) in [5.74, 6) is 0.370. The number of carboxylic acid groups (broad SMARTS) is 1. The van der Waals surface area contributed by atoms with Crippen molar-refractivity contribution >= 4 is 5.97 Å². The van der Waals surface area contributed by atoms with Gasteiger partial charge in [-0.05, 0) is 25.2 Å². The zero-order valence-electron chi connectivity index (χ0n) is 8.19. The van der Waals surface area contributed by atoms with Crippen LogP contribution in [0.1, 0.15) is 6.92 Å². The summed E-state index contributed by atoms with van der Waals surface area (Å²) in [7, 11) is 0. The fourth-order valence-corrected chi connectivity index (χ4v) is 0.750. The molecule has 82 valence electrons. The second-order valence-electron chi connectivity index (χ2n) is 1.93. The molecule has 0 unspecified atom stereocenters. The van der Waals surface area contributed by atoms with Gasteiger partial charge in [-0.25, -0.2) is 0 Å². The van der Waals surface area contributed by atoms with Gasteiger partial charge in [0.25, 0.3) is 0 Å². The van der Waals surface area contributed by atoms with E-state index in [-0.39, 0.29) is 17.1 Å². The first-order chi connectivity index (χ1) is 7.22. The summed E-state index contributed by atoms with van der Waals surface area (Å²) in [6, 6.07) is 0. The molecular weight excluding hydrogens is 255 g/mol. The van der Waals surface area contributed by atoms with Crippen LogP contribution < -0.4 is 0 Å². The maximum atomic E-state index is 10.3. The monoisotopic (exact) mass is 262 g/mol. The molecule has 0 spiro atoms. The number of hydrogen-bond acceptors (Lipinski definition) is 1. The van der Waals surface area contributed by atoms with E-state index in [1.807, 2.05) is 0 Å². The third kappa shape index (κ3) is 11.3. The fourth-order valence-electron chi connectivity index (χ4n) is 0.750. The van der Waals surface area contributed by atoms with Crippen LogP contribution in [0.2, 0.25) is 0 Å². The first-order valence-corrected chi connectivity index (χ1v) is 3.28. The van der Waals surface area contributed by atoms with Gasteiger partial charge in [0, 0.05) is 0 Å². The molecule has 6 heteroatoms. The van der Waals surface area contributed by atoms with Crippen molar-refractivity contribution < 1.29 is 40.9 Å². The molecule has 0 aromatic heterocycles. The average Bonchev–Trinajstić information content (AvgIpc) is 2.73. The number of rotatable bonds is 1. The predicted molar refractivity (Wildman–Crippen MR) is 44.5 cm³/mol. The smallest absolute Gasteiger partial charge is 2.00 e. The standard InChI is InChI=1S/C7H7O2.3CO.Mn/c1-5-3-2-4-6(5)7(8)9;3*1-2;/h2-4H,1H3,(H,8,9);;;;/q;;;;+2. The Hall–Kier alpha value is -0.791. The Morgan fingerprint density at radius 3 is 1.62 bits per heavy atom. The van der Waals surface area contributed by atoms with E-state index in [9.17, 15) is 4.79 Å². The van der Waals surface area contributed by atoms with Crippen LogP contribution in [0, 0.1) is 51.0 Å². The largest absolute Gasteiger partial charge is 2.00 e. The number of aliphatic carboxylic acids is 1. The molecule has 0 aromatic rings. The fraction of sp³-hybridized carbons (Fsp3) is 0.100. The molecule has 0 aliphatic heterocycles. The molecule has 16 heavy (non-hydrogen) atoms. The quantitative estimate of drug-likeness (QED) is 0.428. The summed E-state index contributed by atoms with van der Waals surface area (Å²) in [4.78, 5) is 10.3. The summed E-state index contributed by atoms with van der Waals surface area (Å²) in [5, 5.41) is 8.45. The number of hydrogen-bond donors (Lipinski definition) is 1. The Morgan fingerprint density at radius 2 is 1.50 bits per heavy atom. The van der Waals surface area contributed by atoms with Crippen LogP contribution in [0.25, 0.3) is 0 Å². The van der Waals surface area contributed by atoms with E-state index in [1.165, 1.54) is 0 Å². The van der Waals surface area contributed by atoms with E-state index < -0.39 is 5.97 Å². The van der Waals surface area contributed by atoms with Gasteiger partial charge in [0.1, 0.15) is 0 Å². The molecule has 1 N–H and O–H groups in total. The molecule has 0 saturated heterocycles. The molecule has 1 saturated carbocycles. The van der Waals surface area contributed by atoms with Crippen LogP contribution in [0.5, 0.6) is 0 Å². The van der Waals surface area contributed by atoms with Crippen LogP contribution in [-0.4, -0.2) is 11.1 Å². The van der Waals surface area contributed by atoms with E-state index in [1.54, 1.807) is 26.2 Å². The minimum absolute atomic E-state index is 0. The minimum atomic E-state index is -0.850. The number of carboxylic acids is 1. The van der Waals surface area contributed by atoms with Gasteiger partial charge in [-0.2, -0.15) is 0 Å². The van der Waals surface area contributed by atoms with Crippen molar-refractivity contribution in [2.75, 3.05) is 0 Å². The van der Waals surface area contributed by atoms with Gasteiger partial charge in [-0.1, -0.05) is 6.92 Å². The van der Waals surface area contributed by atoms with Gasteiger partial charge < -0.3 is 5.11 Å². The predicted octanol–water partition coefficient (Wildman–Crippen LogP) is 0.751. The molecule has 1 rings (SSSR count). The van der Waals surface area contributed by atoms with Crippen LogP contribution in [0.3, 0.4) is 0 Å². The molecule has 0 aromatic carbocycles. The van der Waals surface area contributed by atoms with Gasteiger partial charge in [-0.3, -0.25) is 4.79 Å². The molecule has 0 amide bonds. The minimum Gasteiger partial charge on any atom is 2.00 e. The molecule has 6 radical (unpaired) electrons. The molecule has 0 heterocycles. The van der Waals surface area contributed by atoms with Crippen molar-refractivity contribution in [3.8, 4) is 0 Å². The third-order valence-electron chi connectivity index (χ3n) is 1.26. The summed E-state index contributed by atoms with van der Waals surface area (Å²) in [6.07, 6.45) is 5.11. The van der Waals surface area contributed by atoms with Crippen LogP contribution >= 0.6 is 0 Å². The van der Waals surface area contributed by atoms with E-state index in [0.29, 0.717) is 5.92 Å². The van der Waals surface area contributed by atoms with Crippen molar-refractivity contribution in [1.82, 2.24) is 0 Å². The van der Waals surface area contributed by atoms with Gasteiger partial charge in [0.05, 0.1) is 5.92 Å². The normalized spacial score (nSPS) is 13.2. The maximum absolute atomic E-state index is 10.3. The molecule has 5 nitrogen and oxygen atoms in total. The zero-order chi connectivity index (χ0) is 12.9. The van der Waals surface area contributed by atoms with E-state index in [2.05, 4.69) is 20.0 Å². The summed E-state index contributed by atoms with van der Waals surface area (Å²) in [6.45, 7) is 15.3. The van der Waals surface area contributed by atoms with Crippen LogP contribution in [0.15, 0.2) is 0 Å². The zero-order valence-corrected chi connectivity index (χ0v) is 9.37. The second-order valence-corrected chi connectivity index (χ2v) is 1.93. The molecular formula is C10H7MnO5+2. The number of carbonyl (C=O) groups is 1. The van der Waals surface area contributed by atoms with Gasteiger partial charge in [0.2, 0.25) is 0 Å². The van der Waals surface area contributed by atoms with Gasteiger partial charge in [0.15, 0.2) is 0 Å². The summed E-state index contributed by atoms with van der Waals surface area (Å²) in [5.41, 5.74) is 0. The topological polar surface area (TPSA) is 97.0 Å². The Bertz CT molecular complexity index is 207. The first kappa shape index (κ1) is 24.4. The molecule has 0 atom stereocenters. The molecule has 0 bridgehead atoms. The summed E-state index contributed by atoms with van der Waals surface area (Å²) >= 11 is 0. The maximum Gasteiger partial charge on any atom is 2.00 e. The van der Waals surface area contributed by atoms with Gasteiger partial charge in [-0.15, -0.1) is 0 Å². The Labute approximate surface area is 105 Å². The van der Waals surface area contributed by atoms with Crippen LogP contribution in [-0.2, 0) is 35.8 Å². The third-order valence-corrected chi connectivity index (χ3v) is 1.26. The summed E-state index contributed by atoms with van der Waals surface area (Å²) < 4.78 is 22.5. The molecule has 1 aliphatic rings. The van der Waals surface area contributed by atoms with Crippen molar-refractivity contribution in [1.29, 1.82) is 0 Å². The molecule has 1 aliphatic carbocycles.